The summed E-state index contributed by atoms with van der Waals surface area (Å²) in [5, 5.41) is 4.90. The normalized spacial score (nSPS) is 10.8. The standard InChI is InChI=1S/C12H13Cl2N3O/c13-9-5-4-8(7-10(9)14)12-16-11(18-17-12)3-1-2-6-15/h4-5,7H,1-3,6,15H2. The van der Waals surface area contributed by atoms with Gasteiger partial charge in [-0.1, -0.05) is 28.4 Å². The fourth-order valence-corrected chi connectivity index (χ4v) is 1.83. The maximum absolute atomic E-state index is 5.94. The van der Waals surface area contributed by atoms with Crippen LogP contribution >= 0.6 is 23.2 Å². The third-order valence-corrected chi connectivity index (χ3v) is 3.23. The molecule has 0 radical (unpaired) electrons. The minimum atomic E-state index is 0.476. The van der Waals surface area contributed by atoms with E-state index in [-0.39, 0.29) is 0 Å². The molecule has 0 atom stereocenters. The highest BCUT2D eigenvalue weighted by Crippen LogP contribution is 2.27. The summed E-state index contributed by atoms with van der Waals surface area (Å²) in [6.45, 7) is 0.674. The van der Waals surface area contributed by atoms with Crippen LogP contribution in [0.3, 0.4) is 0 Å². The van der Waals surface area contributed by atoms with Crippen molar-refractivity contribution in [3.8, 4) is 11.4 Å². The van der Waals surface area contributed by atoms with E-state index in [1.807, 2.05) is 6.07 Å². The summed E-state index contributed by atoms with van der Waals surface area (Å²) in [4.78, 5) is 4.30. The zero-order chi connectivity index (χ0) is 13.0. The molecule has 1 aromatic heterocycles. The van der Waals surface area contributed by atoms with Gasteiger partial charge in [0, 0.05) is 12.0 Å². The van der Waals surface area contributed by atoms with Crippen LogP contribution in [0, 0.1) is 0 Å². The maximum atomic E-state index is 5.94. The molecule has 0 unspecified atom stereocenters. The molecule has 2 N–H and O–H groups in total. The molecule has 0 aliphatic rings. The minimum absolute atomic E-state index is 0.476. The summed E-state index contributed by atoms with van der Waals surface area (Å²) in [6.07, 6.45) is 2.63. The lowest BCUT2D eigenvalue weighted by molar-refractivity contribution is 0.375. The van der Waals surface area contributed by atoms with Gasteiger partial charge in [-0.2, -0.15) is 4.98 Å². The van der Waals surface area contributed by atoms with Crippen molar-refractivity contribution < 1.29 is 4.52 Å². The summed E-state index contributed by atoms with van der Waals surface area (Å²) in [5.41, 5.74) is 6.22. The van der Waals surface area contributed by atoms with Gasteiger partial charge in [0.05, 0.1) is 10.0 Å². The van der Waals surface area contributed by atoms with Crippen molar-refractivity contribution in [1.29, 1.82) is 0 Å². The smallest absolute Gasteiger partial charge is 0.226 e. The van der Waals surface area contributed by atoms with E-state index in [9.17, 15) is 0 Å². The van der Waals surface area contributed by atoms with E-state index >= 15 is 0 Å². The first kappa shape index (κ1) is 13.3. The van der Waals surface area contributed by atoms with Gasteiger partial charge in [0.15, 0.2) is 0 Å². The molecule has 2 rings (SSSR count). The maximum Gasteiger partial charge on any atom is 0.226 e. The summed E-state index contributed by atoms with van der Waals surface area (Å²) < 4.78 is 5.16. The molecule has 0 bridgehead atoms. The average molecular weight is 286 g/mol. The average Bonchev–Trinajstić information content (AvgIpc) is 2.82. The van der Waals surface area contributed by atoms with Crippen LogP contribution in [0.25, 0.3) is 11.4 Å². The number of hydrogen-bond acceptors (Lipinski definition) is 4. The van der Waals surface area contributed by atoms with Gasteiger partial charge in [-0.25, -0.2) is 0 Å². The molecule has 0 spiro atoms. The van der Waals surface area contributed by atoms with Crippen LogP contribution in [0.5, 0.6) is 0 Å². The Labute approximate surface area is 115 Å². The van der Waals surface area contributed by atoms with Crippen molar-refractivity contribution in [3.05, 3.63) is 34.1 Å². The second kappa shape index (κ2) is 6.18. The van der Waals surface area contributed by atoms with Crippen molar-refractivity contribution in [2.24, 2.45) is 5.73 Å². The first-order chi connectivity index (χ1) is 8.70. The molecule has 0 aliphatic heterocycles. The molecule has 6 heteroatoms. The van der Waals surface area contributed by atoms with E-state index in [0.717, 1.165) is 24.8 Å². The number of benzene rings is 1. The molecule has 18 heavy (non-hydrogen) atoms. The Morgan fingerprint density at radius 3 is 2.72 bits per heavy atom. The monoisotopic (exact) mass is 285 g/mol. The van der Waals surface area contributed by atoms with E-state index in [1.165, 1.54) is 0 Å². The fraction of sp³-hybridized carbons (Fsp3) is 0.333. The van der Waals surface area contributed by atoms with Crippen molar-refractivity contribution >= 4 is 23.2 Å². The Kier molecular flexibility index (Phi) is 4.58. The van der Waals surface area contributed by atoms with Crippen LogP contribution in [0.1, 0.15) is 18.7 Å². The van der Waals surface area contributed by atoms with Gasteiger partial charge in [0.25, 0.3) is 0 Å². The van der Waals surface area contributed by atoms with Crippen LogP contribution in [0.15, 0.2) is 22.7 Å². The van der Waals surface area contributed by atoms with Gasteiger partial charge in [-0.05, 0) is 37.6 Å². The SMILES string of the molecule is NCCCCc1nc(-c2ccc(Cl)c(Cl)c2)no1. The predicted molar refractivity (Wildman–Crippen MR) is 71.7 cm³/mol. The summed E-state index contributed by atoms with van der Waals surface area (Å²) in [5.74, 6) is 1.14. The number of nitrogens with two attached hydrogens (primary N) is 1. The molecule has 1 aromatic carbocycles. The van der Waals surface area contributed by atoms with Gasteiger partial charge in [0.2, 0.25) is 11.7 Å². The highest BCUT2D eigenvalue weighted by atomic mass is 35.5. The molecular formula is C12H13Cl2N3O. The first-order valence-electron chi connectivity index (χ1n) is 5.69. The minimum Gasteiger partial charge on any atom is -0.339 e. The molecule has 2 aromatic rings. The van der Waals surface area contributed by atoms with Crippen molar-refractivity contribution in [1.82, 2.24) is 10.1 Å². The van der Waals surface area contributed by atoms with Crippen LogP contribution in [0.2, 0.25) is 10.0 Å². The topological polar surface area (TPSA) is 64.9 Å². The number of rotatable bonds is 5. The van der Waals surface area contributed by atoms with Gasteiger partial charge >= 0.3 is 0 Å². The van der Waals surface area contributed by atoms with E-state index < -0.39 is 0 Å². The molecule has 0 saturated carbocycles. The number of halogens is 2. The molecule has 0 aliphatic carbocycles. The van der Waals surface area contributed by atoms with Crippen LogP contribution in [-0.4, -0.2) is 16.7 Å². The molecule has 0 saturated heterocycles. The first-order valence-corrected chi connectivity index (χ1v) is 6.44. The molecule has 0 amide bonds. The second-order valence-corrected chi connectivity index (χ2v) is 4.70. The lowest BCUT2D eigenvalue weighted by Crippen LogP contribution is -1.99. The van der Waals surface area contributed by atoms with Gasteiger partial charge in [-0.3, -0.25) is 0 Å². The van der Waals surface area contributed by atoms with E-state index in [4.69, 9.17) is 33.5 Å². The van der Waals surface area contributed by atoms with E-state index in [2.05, 4.69) is 10.1 Å². The summed E-state index contributed by atoms with van der Waals surface area (Å²) >= 11 is 11.8. The third-order valence-electron chi connectivity index (χ3n) is 2.49. The lowest BCUT2D eigenvalue weighted by Gasteiger charge is -1.97. The zero-order valence-corrected chi connectivity index (χ0v) is 11.2. The van der Waals surface area contributed by atoms with Crippen LogP contribution < -0.4 is 5.73 Å². The third kappa shape index (κ3) is 3.22. The van der Waals surface area contributed by atoms with Crippen molar-refractivity contribution in [3.63, 3.8) is 0 Å². The molecule has 96 valence electrons. The predicted octanol–water partition coefficient (Wildman–Crippen LogP) is 3.32. The number of hydrogen-bond donors (Lipinski definition) is 1. The Morgan fingerprint density at radius 1 is 1.17 bits per heavy atom. The largest absolute Gasteiger partial charge is 0.339 e. The van der Waals surface area contributed by atoms with E-state index in [0.29, 0.717) is 28.3 Å². The second-order valence-electron chi connectivity index (χ2n) is 3.89. The van der Waals surface area contributed by atoms with Crippen LogP contribution in [0.4, 0.5) is 0 Å². The Balaban J connectivity index is 2.11. The van der Waals surface area contributed by atoms with Gasteiger partial charge in [-0.15, -0.1) is 0 Å². The summed E-state index contributed by atoms with van der Waals surface area (Å²) in [6, 6.07) is 5.24. The number of nitrogens with zero attached hydrogens (tertiary/aromatic N) is 2. The number of unbranched alkanes of at least 4 members (excludes halogenated alkanes) is 1. The number of aromatic nitrogens is 2. The quantitative estimate of drug-likeness (QED) is 0.856. The Hall–Kier alpha value is -1.10. The zero-order valence-electron chi connectivity index (χ0n) is 9.70. The van der Waals surface area contributed by atoms with Crippen LogP contribution in [-0.2, 0) is 6.42 Å². The molecule has 4 nitrogen and oxygen atoms in total. The summed E-state index contributed by atoms with van der Waals surface area (Å²) in [7, 11) is 0. The van der Waals surface area contributed by atoms with Crippen molar-refractivity contribution in [2.75, 3.05) is 6.54 Å². The Bertz CT molecular complexity index is 528. The fourth-order valence-electron chi connectivity index (χ4n) is 1.53. The highest BCUT2D eigenvalue weighted by molar-refractivity contribution is 6.42. The lowest BCUT2D eigenvalue weighted by atomic mass is 10.2. The van der Waals surface area contributed by atoms with Gasteiger partial charge in [0.1, 0.15) is 0 Å². The van der Waals surface area contributed by atoms with Gasteiger partial charge < -0.3 is 10.3 Å². The molecule has 1 heterocycles. The highest BCUT2D eigenvalue weighted by Gasteiger charge is 2.09. The van der Waals surface area contributed by atoms with E-state index in [1.54, 1.807) is 12.1 Å². The van der Waals surface area contributed by atoms with Crippen molar-refractivity contribution in [2.45, 2.75) is 19.3 Å². The number of aryl methyl sites for hydroxylation is 1. The molecule has 0 fully saturated rings. The molecular weight excluding hydrogens is 273 g/mol. The Morgan fingerprint density at radius 2 is 2.00 bits per heavy atom.